The number of hydrogen-bond acceptors (Lipinski definition) is 5. The Morgan fingerprint density at radius 2 is 1.70 bits per heavy atom. The van der Waals surface area contributed by atoms with E-state index in [9.17, 15) is 22.8 Å². The van der Waals surface area contributed by atoms with Crippen molar-refractivity contribution in [2.24, 2.45) is 0 Å². The van der Waals surface area contributed by atoms with Crippen molar-refractivity contribution in [2.75, 3.05) is 23.4 Å². The molecule has 0 aliphatic carbocycles. The van der Waals surface area contributed by atoms with Crippen molar-refractivity contribution in [3.05, 3.63) is 29.8 Å². The Labute approximate surface area is 133 Å². The second kappa shape index (κ2) is 8.28. The van der Waals surface area contributed by atoms with Gasteiger partial charge >= 0.3 is 5.97 Å². The fraction of sp³-hybridized carbons (Fsp3) is 0.357. The van der Waals surface area contributed by atoms with Gasteiger partial charge in [0.25, 0.3) is 0 Å². The third kappa shape index (κ3) is 7.41. The van der Waals surface area contributed by atoms with Gasteiger partial charge in [0.1, 0.15) is 12.3 Å². The van der Waals surface area contributed by atoms with Crippen molar-refractivity contribution in [2.45, 2.75) is 13.3 Å². The van der Waals surface area contributed by atoms with Crippen LogP contribution < -0.4 is 10.6 Å². The number of amides is 2. The van der Waals surface area contributed by atoms with Gasteiger partial charge in [-0.1, -0.05) is 19.1 Å². The van der Waals surface area contributed by atoms with E-state index in [2.05, 4.69) is 10.6 Å². The van der Waals surface area contributed by atoms with E-state index < -0.39 is 39.9 Å². The molecule has 23 heavy (non-hydrogen) atoms. The van der Waals surface area contributed by atoms with Crippen molar-refractivity contribution in [3.8, 4) is 0 Å². The highest BCUT2D eigenvalue weighted by atomic mass is 32.2. The number of nitrogens with one attached hydrogen (secondary N) is 2. The molecule has 8 nitrogen and oxygen atoms in total. The molecular formula is C14H18N2O6S. The van der Waals surface area contributed by atoms with Crippen LogP contribution in [0.4, 0.5) is 5.69 Å². The summed E-state index contributed by atoms with van der Waals surface area (Å²) in [6, 6.07) is 6.25. The maximum Gasteiger partial charge on any atom is 0.322 e. The molecule has 0 spiro atoms. The first-order valence-electron chi connectivity index (χ1n) is 6.79. The van der Waals surface area contributed by atoms with Crippen LogP contribution in [0, 0.1) is 0 Å². The van der Waals surface area contributed by atoms with Crippen LogP contribution in [0.15, 0.2) is 24.3 Å². The van der Waals surface area contributed by atoms with Crippen LogP contribution >= 0.6 is 0 Å². The minimum atomic E-state index is -3.39. The van der Waals surface area contributed by atoms with Gasteiger partial charge in [0.2, 0.25) is 11.8 Å². The lowest BCUT2D eigenvalue weighted by molar-refractivity contribution is -0.137. The summed E-state index contributed by atoms with van der Waals surface area (Å²) in [4.78, 5) is 33.4. The van der Waals surface area contributed by atoms with Crippen LogP contribution in [-0.4, -0.2) is 49.4 Å². The van der Waals surface area contributed by atoms with Crippen molar-refractivity contribution in [1.29, 1.82) is 0 Å². The molecule has 0 aromatic heterocycles. The summed E-state index contributed by atoms with van der Waals surface area (Å²) in [5.41, 5.74) is 1.04. The number of sulfone groups is 1. The highest BCUT2D eigenvalue weighted by Gasteiger charge is 2.14. The fourth-order valence-electron chi connectivity index (χ4n) is 1.63. The van der Waals surface area contributed by atoms with Crippen LogP contribution in [0.5, 0.6) is 0 Å². The van der Waals surface area contributed by atoms with Crippen LogP contribution in [0.3, 0.4) is 0 Å². The molecule has 126 valence electrons. The molecule has 0 saturated heterocycles. The molecule has 1 rings (SSSR count). The van der Waals surface area contributed by atoms with Gasteiger partial charge in [-0.25, -0.2) is 8.42 Å². The highest BCUT2D eigenvalue weighted by Crippen LogP contribution is 2.10. The summed E-state index contributed by atoms with van der Waals surface area (Å²) in [6.45, 7) is 1.02. The number of hydrogen-bond donors (Lipinski definition) is 3. The Balaban J connectivity index is 2.55. The SMILES string of the molecule is CCS(=O)(=O)CC(=O)Nc1ccc(CC(=O)NCC(=O)O)cc1. The van der Waals surface area contributed by atoms with Crippen LogP contribution in [0.25, 0.3) is 0 Å². The Kier molecular flexibility index (Phi) is 6.70. The number of anilines is 1. The van der Waals surface area contributed by atoms with E-state index in [1.807, 2.05) is 0 Å². The minimum absolute atomic E-state index is 0.00567. The molecule has 1 aromatic carbocycles. The molecule has 0 heterocycles. The first-order chi connectivity index (χ1) is 10.7. The van der Waals surface area contributed by atoms with Gasteiger partial charge in [0, 0.05) is 11.4 Å². The molecule has 3 N–H and O–H groups in total. The van der Waals surface area contributed by atoms with E-state index in [0.29, 0.717) is 11.3 Å². The van der Waals surface area contributed by atoms with Gasteiger partial charge in [0.15, 0.2) is 9.84 Å². The van der Waals surface area contributed by atoms with Crippen LogP contribution in [-0.2, 0) is 30.6 Å². The van der Waals surface area contributed by atoms with E-state index in [1.54, 1.807) is 12.1 Å². The van der Waals surface area contributed by atoms with Gasteiger partial charge in [-0.2, -0.15) is 0 Å². The summed E-state index contributed by atoms with van der Waals surface area (Å²) in [6.07, 6.45) is 0.00567. The van der Waals surface area contributed by atoms with Crippen molar-refractivity contribution in [1.82, 2.24) is 5.32 Å². The van der Waals surface area contributed by atoms with Gasteiger partial charge < -0.3 is 15.7 Å². The third-order valence-corrected chi connectivity index (χ3v) is 4.41. The minimum Gasteiger partial charge on any atom is -0.480 e. The maximum absolute atomic E-state index is 11.6. The Morgan fingerprint density at radius 3 is 2.22 bits per heavy atom. The quantitative estimate of drug-likeness (QED) is 0.600. The highest BCUT2D eigenvalue weighted by molar-refractivity contribution is 7.92. The van der Waals surface area contributed by atoms with E-state index in [1.165, 1.54) is 19.1 Å². The fourth-order valence-corrected chi connectivity index (χ4v) is 2.30. The van der Waals surface area contributed by atoms with E-state index in [4.69, 9.17) is 5.11 Å². The average Bonchev–Trinajstić information content (AvgIpc) is 2.46. The topological polar surface area (TPSA) is 130 Å². The summed E-state index contributed by atoms with van der Waals surface area (Å²) in [5, 5.41) is 13.1. The van der Waals surface area contributed by atoms with Crippen LogP contribution in [0.2, 0.25) is 0 Å². The molecule has 0 radical (unpaired) electrons. The zero-order valence-corrected chi connectivity index (χ0v) is 13.4. The molecule has 0 unspecified atom stereocenters. The van der Waals surface area contributed by atoms with Gasteiger partial charge in [-0.3, -0.25) is 14.4 Å². The predicted molar refractivity (Wildman–Crippen MR) is 83.7 cm³/mol. The zero-order valence-electron chi connectivity index (χ0n) is 12.5. The van der Waals surface area contributed by atoms with Gasteiger partial charge in [-0.15, -0.1) is 0 Å². The standard InChI is InChI=1S/C14H18N2O6S/c1-2-23(21,22)9-13(18)16-11-5-3-10(4-6-11)7-12(17)15-8-14(19)20/h3-6H,2,7-9H2,1H3,(H,15,17)(H,16,18)(H,19,20). The third-order valence-electron chi connectivity index (χ3n) is 2.83. The monoisotopic (exact) mass is 342 g/mol. The van der Waals surface area contributed by atoms with E-state index in [-0.39, 0.29) is 12.2 Å². The number of carbonyl (C=O) groups excluding carboxylic acids is 2. The van der Waals surface area contributed by atoms with E-state index in [0.717, 1.165) is 0 Å². The second-order valence-electron chi connectivity index (χ2n) is 4.77. The first-order valence-corrected chi connectivity index (χ1v) is 8.61. The largest absolute Gasteiger partial charge is 0.480 e. The summed E-state index contributed by atoms with van der Waals surface area (Å²) in [5.74, 6) is -2.87. The summed E-state index contributed by atoms with van der Waals surface area (Å²) >= 11 is 0. The first kappa shape index (κ1) is 18.6. The lowest BCUT2D eigenvalue weighted by atomic mass is 10.1. The molecule has 0 aliphatic heterocycles. The van der Waals surface area contributed by atoms with Crippen molar-refractivity contribution < 1.29 is 27.9 Å². The van der Waals surface area contributed by atoms with Crippen molar-refractivity contribution >= 4 is 33.3 Å². The van der Waals surface area contributed by atoms with Gasteiger partial charge in [0.05, 0.1) is 6.42 Å². The smallest absolute Gasteiger partial charge is 0.322 e. The molecule has 0 atom stereocenters. The lowest BCUT2D eigenvalue weighted by Crippen LogP contribution is -2.30. The number of benzene rings is 1. The lowest BCUT2D eigenvalue weighted by Gasteiger charge is -2.07. The summed E-state index contributed by atoms with van der Waals surface area (Å²) < 4.78 is 22.7. The molecular weight excluding hydrogens is 324 g/mol. The summed E-state index contributed by atoms with van der Waals surface area (Å²) in [7, 11) is -3.39. The Morgan fingerprint density at radius 1 is 1.09 bits per heavy atom. The number of aliphatic carboxylic acids is 1. The predicted octanol–water partition coefficient (Wildman–Crippen LogP) is -0.197. The average molecular weight is 342 g/mol. The molecule has 0 aliphatic rings. The number of carboxylic acids is 1. The zero-order chi connectivity index (χ0) is 17.5. The molecule has 0 fully saturated rings. The van der Waals surface area contributed by atoms with E-state index >= 15 is 0 Å². The Hall–Kier alpha value is -2.42. The molecule has 2 amide bonds. The number of rotatable bonds is 8. The second-order valence-corrected chi connectivity index (χ2v) is 7.12. The molecule has 0 bridgehead atoms. The normalized spacial score (nSPS) is 10.8. The molecule has 0 saturated carbocycles. The van der Waals surface area contributed by atoms with Gasteiger partial charge in [-0.05, 0) is 17.7 Å². The number of carboxylic acid groups (broad SMARTS) is 1. The van der Waals surface area contributed by atoms with Crippen LogP contribution in [0.1, 0.15) is 12.5 Å². The molecule has 9 heteroatoms. The molecule has 1 aromatic rings. The Bertz CT molecular complexity index is 682. The number of carbonyl (C=O) groups is 3. The van der Waals surface area contributed by atoms with Crippen molar-refractivity contribution in [3.63, 3.8) is 0 Å². The maximum atomic E-state index is 11.6.